The Hall–Kier alpha value is -0.950. The van der Waals surface area contributed by atoms with Crippen LogP contribution < -0.4 is 5.32 Å². The van der Waals surface area contributed by atoms with E-state index in [2.05, 4.69) is 5.32 Å². The number of rotatable bonds is 5. The second kappa shape index (κ2) is 7.48. The largest absolute Gasteiger partial charge is 0.480 e. The second-order valence-corrected chi connectivity index (χ2v) is 5.43. The molecule has 2 amide bonds. The lowest BCUT2D eigenvalue weighted by atomic mass is 10.3. The van der Waals surface area contributed by atoms with Gasteiger partial charge in [0, 0.05) is 31.6 Å². The normalized spacial score (nSPS) is 19.7. The van der Waals surface area contributed by atoms with E-state index in [-0.39, 0.29) is 6.03 Å². The third-order valence-electron chi connectivity index (χ3n) is 2.91. The number of aliphatic carboxylic acids is 1. The Balaban J connectivity index is 2.54. The van der Waals surface area contributed by atoms with Crippen LogP contribution in [0, 0.1) is 0 Å². The topological polar surface area (TPSA) is 72.9 Å². The van der Waals surface area contributed by atoms with Crippen molar-refractivity contribution in [1.82, 2.24) is 15.1 Å². The molecule has 1 saturated heterocycles. The Morgan fingerprint density at radius 1 is 1.56 bits per heavy atom. The highest BCUT2D eigenvalue weighted by Crippen LogP contribution is 2.18. The van der Waals surface area contributed by atoms with Crippen LogP contribution in [-0.2, 0) is 4.79 Å². The van der Waals surface area contributed by atoms with E-state index in [9.17, 15) is 9.59 Å². The molecule has 0 spiro atoms. The van der Waals surface area contributed by atoms with E-state index in [0.717, 1.165) is 18.7 Å². The van der Waals surface area contributed by atoms with Gasteiger partial charge in [-0.15, -0.1) is 0 Å². The van der Waals surface area contributed by atoms with Crippen LogP contribution in [0.4, 0.5) is 4.79 Å². The summed E-state index contributed by atoms with van der Waals surface area (Å²) in [7, 11) is 3.59. The number of nitrogens with one attached hydrogen (secondary N) is 1. The number of amides is 2. The summed E-state index contributed by atoms with van der Waals surface area (Å²) in [6.07, 6.45) is 0.860. The van der Waals surface area contributed by atoms with Crippen LogP contribution in [0.3, 0.4) is 0 Å². The van der Waals surface area contributed by atoms with Gasteiger partial charge in [0.25, 0.3) is 0 Å². The fourth-order valence-electron chi connectivity index (χ4n) is 1.85. The van der Waals surface area contributed by atoms with Crippen molar-refractivity contribution in [3.05, 3.63) is 0 Å². The maximum absolute atomic E-state index is 12.2. The Morgan fingerprint density at radius 3 is 2.89 bits per heavy atom. The molecule has 1 aliphatic heterocycles. The van der Waals surface area contributed by atoms with E-state index < -0.39 is 12.0 Å². The smallest absolute Gasteiger partial charge is 0.327 e. The lowest BCUT2D eigenvalue weighted by molar-refractivity contribution is -0.141. The van der Waals surface area contributed by atoms with Gasteiger partial charge in [0.2, 0.25) is 0 Å². The first-order chi connectivity index (χ1) is 8.57. The van der Waals surface area contributed by atoms with Gasteiger partial charge in [0.15, 0.2) is 0 Å². The number of carbonyl (C=O) groups excluding carboxylic acids is 1. The Bertz CT molecular complexity index is 301. The van der Waals surface area contributed by atoms with Gasteiger partial charge in [-0.3, -0.25) is 0 Å². The highest BCUT2D eigenvalue weighted by molar-refractivity contribution is 7.99. The number of carbonyl (C=O) groups is 2. The summed E-state index contributed by atoms with van der Waals surface area (Å²) in [4.78, 5) is 26.4. The zero-order valence-electron chi connectivity index (χ0n) is 10.9. The molecule has 1 atom stereocenters. The molecule has 0 aromatic rings. The van der Waals surface area contributed by atoms with Crippen LogP contribution >= 0.6 is 11.8 Å². The molecule has 6 nitrogen and oxygen atoms in total. The summed E-state index contributed by atoms with van der Waals surface area (Å²) >= 11 is 1.58. The molecule has 1 heterocycles. The van der Waals surface area contributed by atoms with Gasteiger partial charge < -0.3 is 20.2 Å². The first-order valence-corrected chi connectivity index (χ1v) is 7.20. The van der Waals surface area contributed by atoms with Gasteiger partial charge in [-0.1, -0.05) is 0 Å². The molecule has 1 rings (SSSR count). The number of nitrogens with zero attached hydrogens (tertiary/aromatic N) is 2. The predicted octanol–water partition coefficient (Wildman–Crippen LogP) is 0.150. The molecule has 1 aliphatic rings. The third kappa shape index (κ3) is 4.06. The van der Waals surface area contributed by atoms with Crippen molar-refractivity contribution in [1.29, 1.82) is 0 Å². The Labute approximate surface area is 112 Å². The van der Waals surface area contributed by atoms with Crippen LogP contribution in [-0.4, -0.2) is 78.2 Å². The number of urea groups is 1. The monoisotopic (exact) mass is 275 g/mol. The fraction of sp³-hybridized carbons (Fsp3) is 0.818. The molecular weight excluding hydrogens is 254 g/mol. The SMILES string of the molecule is CNCCCN(C)C(=O)N1CCSCC1C(=O)O. The molecule has 0 aromatic carbocycles. The molecule has 0 saturated carbocycles. The average molecular weight is 275 g/mol. The number of thioether (sulfide) groups is 1. The molecule has 1 fully saturated rings. The van der Waals surface area contributed by atoms with E-state index in [1.807, 2.05) is 7.05 Å². The third-order valence-corrected chi connectivity index (χ3v) is 3.93. The maximum Gasteiger partial charge on any atom is 0.327 e. The molecule has 18 heavy (non-hydrogen) atoms. The van der Waals surface area contributed by atoms with Crippen LogP contribution in [0.5, 0.6) is 0 Å². The van der Waals surface area contributed by atoms with E-state index in [1.165, 1.54) is 4.90 Å². The van der Waals surface area contributed by atoms with Crippen LogP contribution in [0.15, 0.2) is 0 Å². The van der Waals surface area contributed by atoms with E-state index >= 15 is 0 Å². The zero-order valence-corrected chi connectivity index (χ0v) is 11.7. The summed E-state index contributed by atoms with van der Waals surface area (Å²) in [6, 6.07) is -0.873. The Morgan fingerprint density at radius 2 is 2.28 bits per heavy atom. The first-order valence-electron chi connectivity index (χ1n) is 6.04. The van der Waals surface area contributed by atoms with Crippen molar-refractivity contribution in [2.24, 2.45) is 0 Å². The standard InChI is InChI=1S/C11H21N3O3S/c1-12-4-3-5-13(2)11(17)14-6-7-18-8-9(14)10(15)16/h9,12H,3-8H2,1-2H3,(H,15,16). The number of hydrogen-bond acceptors (Lipinski definition) is 4. The van der Waals surface area contributed by atoms with Crippen molar-refractivity contribution < 1.29 is 14.7 Å². The number of hydrogen-bond donors (Lipinski definition) is 2. The Kier molecular flexibility index (Phi) is 6.28. The van der Waals surface area contributed by atoms with Gasteiger partial charge in [-0.2, -0.15) is 11.8 Å². The highest BCUT2D eigenvalue weighted by Gasteiger charge is 2.33. The van der Waals surface area contributed by atoms with Crippen LogP contribution in [0.25, 0.3) is 0 Å². The molecule has 0 aromatic heterocycles. The van der Waals surface area contributed by atoms with Gasteiger partial charge in [0.1, 0.15) is 6.04 Å². The molecule has 0 radical (unpaired) electrons. The molecule has 0 aliphatic carbocycles. The van der Waals surface area contributed by atoms with Gasteiger partial charge in [-0.25, -0.2) is 9.59 Å². The molecule has 0 bridgehead atoms. The van der Waals surface area contributed by atoms with Crippen molar-refractivity contribution in [3.63, 3.8) is 0 Å². The van der Waals surface area contributed by atoms with Gasteiger partial charge in [-0.05, 0) is 20.0 Å². The quantitative estimate of drug-likeness (QED) is 0.699. The molecule has 7 heteroatoms. The highest BCUT2D eigenvalue weighted by atomic mass is 32.2. The maximum atomic E-state index is 12.2. The van der Waals surface area contributed by atoms with Gasteiger partial charge in [0.05, 0.1) is 0 Å². The summed E-state index contributed by atoms with van der Waals surface area (Å²) in [6.45, 7) is 1.99. The van der Waals surface area contributed by atoms with Crippen LogP contribution in [0.2, 0.25) is 0 Å². The minimum atomic E-state index is -0.917. The molecule has 104 valence electrons. The van der Waals surface area contributed by atoms with Crippen molar-refractivity contribution in [2.75, 3.05) is 45.2 Å². The van der Waals surface area contributed by atoms with E-state index in [0.29, 0.717) is 18.8 Å². The van der Waals surface area contributed by atoms with E-state index in [4.69, 9.17) is 5.11 Å². The summed E-state index contributed by atoms with van der Waals surface area (Å²) in [5, 5.41) is 12.1. The fourth-order valence-corrected chi connectivity index (χ4v) is 2.88. The average Bonchev–Trinajstić information content (AvgIpc) is 2.38. The summed E-state index contributed by atoms with van der Waals surface area (Å²) < 4.78 is 0. The lowest BCUT2D eigenvalue weighted by Crippen LogP contribution is -2.54. The minimum absolute atomic E-state index is 0.182. The van der Waals surface area contributed by atoms with Crippen LogP contribution in [0.1, 0.15) is 6.42 Å². The lowest BCUT2D eigenvalue weighted by Gasteiger charge is -2.35. The van der Waals surface area contributed by atoms with Crippen molar-refractivity contribution in [3.8, 4) is 0 Å². The van der Waals surface area contributed by atoms with Crippen molar-refractivity contribution in [2.45, 2.75) is 12.5 Å². The molecule has 1 unspecified atom stereocenters. The summed E-state index contributed by atoms with van der Waals surface area (Å²) in [5.74, 6) is 0.366. The molecule has 2 N–H and O–H groups in total. The number of carboxylic acid groups (broad SMARTS) is 1. The first kappa shape index (κ1) is 15.1. The minimum Gasteiger partial charge on any atom is -0.480 e. The molecular formula is C11H21N3O3S. The summed E-state index contributed by atoms with van der Waals surface area (Å²) in [5.41, 5.74) is 0. The number of carboxylic acids is 1. The zero-order chi connectivity index (χ0) is 13.5. The van der Waals surface area contributed by atoms with E-state index in [1.54, 1.807) is 23.7 Å². The van der Waals surface area contributed by atoms with Crippen molar-refractivity contribution >= 4 is 23.8 Å². The van der Waals surface area contributed by atoms with Gasteiger partial charge >= 0.3 is 12.0 Å². The second-order valence-electron chi connectivity index (χ2n) is 4.28. The predicted molar refractivity (Wildman–Crippen MR) is 72.0 cm³/mol.